The van der Waals surface area contributed by atoms with Gasteiger partial charge in [0.2, 0.25) is 0 Å². The standard InChI is InChI=1S/C25H31ClN4O/c1-25(2,3)29-18-10-12-30(13-11-18)22-15-24(28-21-7-5-4-6-19(21)22)27-16-17-8-9-20(26)23(31)14-17/h4-9,14-15,18,29,31H,10-13,16H2,1-3H3,(H,27,28). The van der Waals surface area contributed by atoms with E-state index in [1.54, 1.807) is 12.1 Å². The molecule has 1 aliphatic rings. The number of phenolic OH excluding ortho intramolecular Hbond substituents is 1. The lowest BCUT2D eigenvalue weighted by molar-refractivity contribution is 0.317. The molecular formula is C25H31ClN4O. The molecule has 164 valence electrons. The molecule has 6 heteroatoms. The molecule has 0 atom stereocenters. The number of pyridine rings is 1. The molecule has 0 aliphatic carbocycles. The third-order valence-corrected chi connectivity index (χ3v) is 5.97. The van der Waals surface area contributed by atoms with Crippen LogP contribution in [0.2, 0.25) is 5.02 Å². The summed E-state index contributed by atoms with van der Waals surface area (Å²) in [6, 6.07) is 16.3. The molecule has 3 aromatic rings. The number of fused-ring (bicyclic) bond motifs is 1. The number of hydrogen-bond donors (Lipinski definition) is 3. The second-order valence-corrected chi connectivity index (χ2v) is 9.75. The van der Waals surface area contributed by atoms with Crippen LogP contribution >= 0.6 is 11.6 Å². The number of nitrogens with one attached hydrogen (secondary N) is 2. The predicted octanol–water partition coefficient (Wildman–Crippen LogP) is 5.56. The molecule has 0 spiro atoms. The molecule has 0 bridgehead atoms. The highest BCUT2D eigenvalue weighted by atomic mass is 35.5. The van der Waals surface area contributed by atoms with Gasteiger partial charge in [0.05, 0.1) is 10.5 Å². The number of piperidine rings is 1. The maximum atomic E-state index is 9.86. The van der Waals surface area contributed by atoms with Gasteiger partial charge in [0, 0.05) is 48.4 Å². The first-order valence-electron chi connectivity index (χ1n) is 10.9. The zero-order chi connectivity index (χ0) is 22.0. The van der Waals surface area contributed by atoms with Crippen LogP contribution in [0.25, 0.3) is 10.9 Å². The van der Waals surface area contributed by atoms with Crippen molar-refractivity contribution in [3.63, 3.8) is 0 Å². The van der Waals surface area contributed by atoms with E-state index >= 15 is 0 Å². The highest BCUT2D eigenvalue weighted by Gasteiger charge is 2.24. The summed E-state index contributed by atoms with van der Waals surface area (Å²) in [6.45, 7) is 9.29. The van der Waals surface area contributed by atoms with E-state index in [1.807, 2.05) is 12.1 Å². The Hall–Kier alpha value is -2.50. The van der Waals surface area contributed by atoms with E-state index in [9.17, 15) is 5.11 Å². The van der Waals surface area contributed by atoms with Crippen LogP contribution in [0.4, 0.5) is 11.5 Å². The average molecular weight is 439 g/mol. The Bertz CT molecular complexity index is 1060. The fourth-order valence-electron chi connectivity index (χ4n) is 4.25. The van der Waals surface area contributed by atoms with Gasteiger partial charge in [0.15, 0.2) is 0 Å². The maximum absolute atomic E-state index is 9.86. The maximum Gasteiger partial charge on any atom is 0.134 e. The summed E-state index contributed by atoms with van der Waals surface area (Å²) in [7, 11) is 0. The molecule has 3 N–H and O–H groups in total. The molecular weight excluding hydrogens is 408 g/mol. The lowest BCUT2D eigenvalue weighted by atomic mass is 9.99. The Morgan fingerprint density at radius 2 is 1.84 bits per heavy atom. The number of rotatable bonds is 5. The minimum absolute atomic E-state index is 0.0971. The Balaban J connectivity index is 1.53. The third kappa shape index (κ3) is 5.41. The summed E-state index contributed by atoms with van der Waals surface area (Å²) in [4.78, 5) is 7.29. The van der Waals surface area contributed by atoms with Gasteiger partial charge >= 0.3 is 0 Å². The fraction of sp³-hybridized carbons (Fsp3) is 0.400. The Labute approximate surface area is 189 Å². The van der Waals surface area contributed by atoms with Crippen LogP contribution in [-0.4, -0.2) is 34.8 Å². The van der Waals surface area contributed by atoms with E-state index < -0.39 is 0 Å². The van der Waals surface area contributed by atoms with E-state index in [0.29, 0.717) is 17.6 Å². The smallest absolute Gasteiger partial charge is 0.134 e. The van der Waals surface area contributed by atoms with Gasteiger partial charge in [-0.05, 0) is 57.4 Å². The highest BCUT2D eigenvalue weighted by Crippen LogP contribution is 2.31. The van der Waals surface area contributed by atoms with Crippen LogP contribution < -0.4 is 15.5 Å². The van der Waals surface area contributed by atoms with Gasteiger partial charge < -0.3 is 20.6 Å². The lowest BCUT2D eigenvalue weighted by Crippen LogP contribution is -2.49. The summed E-state index contributed by atoms with van der Waals surface area (Å²) < 4.78 is 0. The first-order valence-corrected chi connectivity index (χ1v) is 11.3. The number of benzene rings is 2. The number of nitrogens with zero attached hydrogens (tertiary/aromatic N) is 2. The van der Waals surface area contributed by atoms with Crippen molar-refractivity contribution in [2.24, 2.45) is 0 Å². The number of phenols is 1. The minimum atomic E-state index is 0.0971. The largest absolute Gasteiger partial charge is 0.506 e. The molecule has 5 nitrogen and oxygen atoms in total. The van der Waals surface area contributed by atoms with E-state index in [4.69, 9.17) is 16.6 Å². The van der Waals surface area contributed by atoms with Gasteiger partial charge in [-0.2, -0.15) is 0 Å². The topological polar surface area (TPSA) is 60.4 Å². The van der Waals surface area contributed by atoms with Crippen molar-refractivity contribution in [1.29, 1.82) is 0 Å². The molecule has 0 unspecified atom stereocenters. The van der Waals surface area contributed by atoms with Crippen LogP contribution in [0.1, 0.15) is 39.2 Å². The number of para-hydroxylation sites is 1. The molecule has 1 aromatic heterocycles. The molecule has 1 aliphatic heterocycles. The molecule has 0 amide bonds. The highest BCUT2D eigenvalue weighted by molar-refractivity contribution is 6.32. The number of aromatic hydroxyl groups is 1. The zero-order valence-corrected chi connectivity index (χ0v) is 19.2. The van der Waals surface area contributed by atoms with E-state index in [1.165, 1.54) is 11.1 Å². The van der Waals surface area contributed by atoms with Crippen molar-refractivity contribution >= 4 is 34.0 Å². The Morgan fingerprint density at radius 3 is 2.55 bits per heavy atom. The van der Waals surface area contributed by atoms with Gasteiger partial charge in [-0.25, -0.2) is 4.98 Å². The quantitative estimate of drug-likeness (QED) is 0.486. The van der Waals surface area contributed by atoms with E-state index in [-0.39, 0.29) is 11.3 Å². The summed E-state index contributed by atoms with van der Waals surface area (Å²) >= 11 is 5.92. The van der Waals surface area contributed by atoms with Crippen molar-refractivity contribution in [1.82, 2.24) is 10.3 Å². The SMILES string of the molecule is CC(C)(C)NC1CCN(c2cc(NCc3ccc(Cl)c(O)c3)nc3ccccc23)CC1. The summed E-state index contributed by atoms with van der Waals surface area (Å²) in [5.41, 5.74) is 3.30. The zero-order valence-electron chi connectivity index (χ0n) is 18.5. The predicted molar refractivity (Wildman–Crippen MR) is 130 cm³/mol. The number of hydrogen-bond acceptors (Lipinski definition) is 5. The molecule has 0 radical (unpaired) electrons. The van der Waals surface area contributed by atoms with Gasteiger partial charge in [-0.3, -0.25) is 0 Å². The third-order valence-electron chi connectivity index (χ3n) is 5.65. The van der Waals surface area contributed by atoms with Crippen molar-refractivity contribution < 1.29 is 5.11 Å². The van der Waals surface area contributed by atoms with E-state index in [0.717, 1.165) is 42.8 Å². The summed E-state index contributed by atoms with van der Waals surface area (Å²) in [5, 5.41) is 18.6. The van der Waals surface area contributed by atoms with Gasteiger partial charge in [0.25, 0.3) is 0 Å². The monoisotopic (exact) mass is 438 g/mol. The molecule has 1 saturated heterocycles. The first kappa shape index (κ1) is 21.7. The molecule has 2 heterocycles. The van der Waals surface area contributed by atoms with Gasteiger partial charge in [0.1, 0.15) is 11.6 Å². The summed E-state index contributed by atoms with van der Waals surface area (Å²) in [5.74, 6) is 0.929. The Kier molecular flexibility index (Phi) is 6.26. The van der Waals surface area contributed by atoms with Crippen LogP contribution in [0.15, 0.2) is 48.5 Å². The van der Waals surface area contributed by atoms with Crippen LogP contribution in [0.5, 0.6) is 5.75 Å². The number of anilines is 2. The van der Waals surface area contributed by atoms with E-state index in [2.05, 4.69) is 60.6 Å². The fourth-order valence-corrected chi connectivity index (χ4v) is 4.36. The van der Waals surface area contributed by atoms with Gasteiger partial charge in [-0.1, -0.05) is 35.9 Å². The number of aromatic nitrogens is 1. The summed E-state index contributed by atoms with van der Waals surface area (Å²) in [6.07, 6.45) is 2.25. The lowest BCUT2D eigenvalue weighted by Gasteiger charge is -2.37. The normalized spacial score (nSPS) is 15.4. The number of halogens is 1. The minimum Gasteiger partial charge on any atom is -0.506 e. The van der Waals surface area contributed by atoms with Gasteiger partial charge in [-0.15, -0.1) is 0 Å². The van der Waals surface area contributed by atoms with Crippen molar-refractivity contribution in [3.8, 4) is 5.75 Å². The first-order chi connectivity index (χ1) is 14.8. The molecule has 1 fully saturated rings. The van der Waals surface area contributed by atoms with Crippen LogP contribution in [0, 0.1) is 0 Å². The molecule has 0 saturated carbocycles. The van der Waals surface area contributed by atoms with Crippen molar-refractivity contribution in [3.05, 3.63) is 59.1 Å². The second kappa shape index (κ2) is 8.93. The second-order valence-electron chi connectivity index (χ2n) is 9.34. The van der Waals surface area contributed by atoms with Crippen molar-refractivity contribution in [2.45, 2.75) is 51.7 Å². The molecule has 2 aromatic carbocycles. The van der Waals surface area contributed by atoms with Crippen LogP contribution in [0.3, 0.4) is 0 Å². The Morgan fingerprint density at radius 1 is 1.10 bits per heavy atom. The molecule has 4 rings (SSSR count). The molecule has 31 heavy (non-hydrogen) atoms. The average Bonchev–Trinajstić information content (AvgIpc) is 2.73. The van der Waals surface area contributed by atoms with Crippen molar-refractivity contribution in [2.75, 3.05) is 23.3 Å². The van der Waals surface area contributed by atoms with Crippen LogP contribution in [-0.2, 0) is 6.54 Å².